The van der Waals surface area contributed by atoms with Crippen LogP contribution in [-0.4, -0.2) is 10.9 Å². The van der Waals surface area contributed by atoms with Crippen molar-refractivity contribution >= 4 is 34.6 Å². The van der Waals surface area contributed by atoms with Gasteiger partial charge in [-0.15, -0.1) is 0 Å². The van der Waals surface area contributed by atoms with Crippen LogP contribution in [0.5, 0.6) is 0 Å². The number of H-pyrrole nitrogens is 1. The highest BCUT2D eigenvalue weighted by Crippen LogP contribution is 2.29. The molecule has 1 unspecified atom stereocenters. The number of benzene rings is 2. The maximum atomic E-state index is 12.6. The van der Waals surface area contributed by atoms with Crippen molar-refractivity contribution in [3.8, 4) is 0 Å². The van der Waals surface area contributed by atoms with Crippen LogP contribution >= 0.6 is 0 Å². The smallest absolute Gasteiger partial charge is 0.359 e. The minimum absolute atomic E-state index is 0.0332. The van der Waals surface area contributed by atoms with Crippen LogP contribution in [0.1, 0.15) is 37.0 Å². The molecule has 2 N–H and O–H groups in total. The van der Waals surface area contributed by atoms with Crippen molar-refractivity contribution < 1.29 is 18.0 Å². The molecular formula is C22H21F3N2O. The topological polar surface area (TPSA) is 44.9 Å². The van der Waals surface area contributed by atoms with Gasteiger partial charge in [0.1, 0.15) is 0 Å². The van der Waals surface area contributed by atoms with Crippen molar-refractivity contribution in [1.29, 1.82) is 0 Å². The predicted molar refractivity (Wildman–Crippen MR) is 107 cm³/mol. The molecule has 28 heavy (non-hydrogen) atoms. The first-order chi connectivity index (χ1) is 13.3. The molecule has 3 aromatic rings. The van der Waals surface area contributed by atoms with Crippen molar-refractivity contribution in [1.82, 2.24) is 4.98 Å². The largest absolute Gasteiger partial charge is 0.416 e. The Morgan fingerprint density at radius 1 is 1.11 bits per heavy atom. The summed E-state index contributed by atoms with van der Waals surface area (Å²) in [7, 11) is 0. The second-order valence-corrected chi connectivity index (χ2v) is 6.76. The van der Waals surface area contributed by atoms with E-state index in [2.05, 4.69) is 10.3 Å². The average Bonchev–Trinajstić information content (AvgIpc) is 3.07. The summed E-state index contributed by atoms with van der Waals surface area (Å²) < 4.78 is 37.9. The maximum absolute atomic E-state index is 12.6. The first-order valence-electron chi connectivity index (χ1n) is 9.05. The van der Waals surface area contributed by atoms with Gasteiger partial charge in [-0.25, -0.2) is 0 Å². The number of aromatic nitrogens is 1. The van der Waals surface area contributed by atoms with Gasteiger partial charge < -0.3 is 10.3 Å². The molecule has 1 atom stereocenters. The molecule has 0 bridgehead atoms. The Hall–Kier alpha value is -3.02. The lowest BCUT2D eigenvalue weighted by molar-refractivity contribution is -0.137. The number of nitrogens with one attached hydrogen (secondary N) is 2. The summed E-state index contributed by atoms with van der Waals surface area (Å²) in [6, 6.07) is 10.7. The number of carbonyl (C=O) groups excluding carboxylic acids is 1. The number of fused-ring (bicyclic) bond motifs is 1. The summed E-state index contributed by atoms with van der Waals surface area (Å²) in [6.45, 7) is 3.84. The lowest BCUT2D eigenvalue weighted by Gasteiger charge is -2.09. The van der Waals surface area contributed by atoms with E-state index in [0.717, 1.165) is 35.0 Å². The fourth-order valence-electron chi connectivity index (χ4n) is 2.76. The second kappa shape index (κ2) is 7.92. The van der Waals surface area contributed by atoms with Crippen molar-refractivity contribution in [2.75, 3.05) is 5.32 Å². The number of halogens is 3. The standard InChI is InChI=1S/C22H21F3N2O/c1-3-14(2)21(28)27-20-13-26-19-11-8-16(12-18(19)20)5-4-15-6-9-17(10-7-15)22(23,24)25/h4-14,26H,3H2,1-2H3,(H,27,28)/b5-4+. The lowest BCUT2D eigenvalue weighted by Crippen LogP contribution is -2.19. The van der Waals surface area contributed by atoms with Gasteiger partial charge in [-0.1, -0.05) is 44.2 Å². The quantitative estimate of drug-likeness (QED) is 0.494. The highest BCUT2D eigenvalue weighted by molar-refractivity contribution is 6.03. The number of anilines is 1. The van der Waals surface area contributed by atoms with E-state index in [1.54, 1.807) is 12.3 Å². The third-order valence-electron chi connectivity index (χ3n) is 4.73. The minimum atomic E-state index is -4.34. The van der Waals surface area contributed by atoms with Gasteiger partial charge in [0.05, 0.1) is 11.3 Å². The molecule has 0 aliphatic rings. The fourth-order valence-corrected chi connectivity index (χ4v) is 2.76. The van der Waals surface area contributed by atoms with Gasteiger partial charge in [-0.05, 0) is 41.8 Å². The summed E-state index contributed by atoms with van der Waals surface area (Å²) >= 11 is 0. The summed E-state index contributed by atoms with van der Waals surface area (Å²) in [5.41, 5.74) is 2.50. The molecule has 0 saturated carbocycles. The van der Waals surface area contributed by atoms with Crippen LogP contribution in [0, 0.1) is 5.92 Å². The summed E-state index contributed by atoms with van der Waals surface area (Å²) in [6.07, 6.45) is 1.77. The third-order valence-corrected chi connectivity index (χ3v) is 4.73. The minimum Gasteiger partial charge on any atom is -0.359 e. The van der Waals surface area contributed by atoms with Gasteiger partial charge in [0.15, 0.2) is 0 Å². The number of amides is 1. The molecule has 0 aliphatic carbocycles. The van der Waals surface area contributed by atoms with Crippen molar-refractivity contribution in [2.45, 2.75) is 26.4 Å². The third kappa shape index (κ3) is 4.44. The van der Waals surface area contributed by atoms with Crippen LogP contribution < -0.4 is 5.32 Å². The van der Waals surface area contributed by atoms with Gasteiger partial charge in [0, 0.05) is 23.0 Å². The number of aromatic amines is 1. The number of rotatable bonds is 5. The Bertz CT molecular complexity index is 1000. The van der Waals surface area contributed by atoms with E-state index in [0.29, 0.717) is 11.3 Å². The van der Waals surface area contributed by atoms with E-state index in [1.165, 1.54) is 12.1 Å². The van der Waals surface area contributed by atoms with Crippen LogP contribution in [-0.2, 0) is 11.0 Å². The maximum Gasteiger partial charge on any atom is 0.416 e. The van der Waals surface area contributed by atoms with E-state index in [1.807, 2.05) is 38.1 Å². The molecule has 1 aromatic heterocycles. The molecule has 0 fully saturated rings. The Kier molecular flexibility index (Phi) is 5.58. The van der Waals surface area contributed by atoms with Gasteiger partial charge in [-0.3, -0.25) is 4.79 Å². The molecule has 0 aliphatic heterocycles. The van der Waals surface area contributed by atoms with E-state index in [9.17, 15) is 18.0 Å². The molecule has 3 rings (SSSR count). The SMILES string of the molecule is CCC(C)C(=O)Nc1c[nH]c2ccc(/C=C/c3ccc(C(F)(F)F)cc3)cc12. The highest BCUT2D eigenvalue weighted by atomic mass is 19.4. The zero-order valence-electron chi connectivity index (χ0n) is 15.6. The van der Waals surface area contributed by atoms with Gasteiger partial charge in [0.2, 0.25) is 5.91 Å². The van der Waals surface area contributed by atoms with E-state index in [4.69, 9.17) is 0 Å². The lowest BCUT2D eigenvalue weighted by atomic mass is 10.1. The van der Waals surface area contributed by atoms with Gasteiger partial charge in [-0.2, -0.15) is 13.2 Å². The zero-order valence-corrected chi connectivity index (χ0v) is 15.6. The second-order valence-electron chi connectivity index (χ2n) is 6.76. The van der Waals surface area contributed by atoms with Crippen LogP contribution in [0.15, 0.2) is 48.7 Å². The number of carbonyl (C=O) groups is 1. The van der Waals surface area contributed by atoms with Gasteiger partial charge >= 0.3 is 6.18 Å². The Morgan fingerprint density at radius 3 is 2.39 bits per heavy atom. The van der Waals surface area contributed by atoms with E-state index >= 15 is 0 Å². The summed E-state index contributed by atoms with van der Waals surface area (Å²) in [4.78, 5) is 15.3. The first-order valence-corrected chi connectivity index (χ1v) is 9.05. The van der Waals surface area contributed by atoms with Crippen molar-refractivity contribution in [2.24, 2.45) is 5.92 Å². The monoisotopic (exact) mass is 386 g/mol. The number of hydrogen-bond acceptors (Lipinski definition) is 1. The molecular weight excluding hydrogens is 365 g/mol. The first kappa shape index (κ1) is 19.7. The Labute approximate surface area is 161 Å². The molecule has 2 aromatic carbocycles. The van der Waals surface area contributed by atoms with Crippen LogP contribution in [0.25, 0.3) is 23.1 Å². The normalized spacial score (nSPS) is 13.2. The molecule has 6 heteroatoms. The summed E-state index contributed by atoms with van der Waals surface area (Å²) in [5, 5.41) is 3.82. The van der Waals surface area contributed by atoms with Crippen LogP contribution in [0.3, 0.4) is 0 Å². The molecule has 1 heterocycles. The van der Waals surface area contributed by atoms with Gasteiger partial charge in [0.25, 0.3) is 0 Å². The molecule has 0 radical (unpaired) electrons. The molecule has 3 nitrogen and oxygen atoms in total. The zero-order chi connectivity index (χ0) is 20.3. The van der Waals surface area contributed by atoms with E-state index in [-0.39, 0.29) is 11.8 Å². The molecule has 0 spiro atoms. The van der Waals surface area contributed by atoms with Crippen LogP contribution in [0.2, 0.25) is 0 Å². The average molecular weight is 386 g/mol. The predicted octanol–water partition coefficient (Wildman–Crippen LogP) is 6.34. The Balaban J connectivity index is 1.81. The number of alkyl halides is 3. The summed E-state index contributed by atoms with van der Waals surface area (Å²) in [5.74, 6) is -0.109. The van der Waals surface area contributed by atoms with Crippen molar-refractivity contribution in [3.63, 3.8) is 0 Å². The molecule has 146 valence electrons. The molecule has 1 amide bonds. The van der Waals surface area contributed by atoms with E-state index < -0.39 is 11.7 Å². The van der Waals surface area contributed by atoms with Crippen LogP contribution in [0.4, 0.5) is 18.9 Å². The Morgan fingerprint density at radius 2 is 1.75 bits per heavy atom. The number of hydrogen-bond donors (Lipinski definition) is 2. The van der Waals surface area contributed by atoms with Crippen molar-refractivity contribution in [3.05, 3.63) is 65.4 Å². The molecule has 0 saturated heterocycles. The fraction of sp³-hybridized carbons (Fsp3) is 0.227. The highest BCUT2D eigenvalue weighted by Gasteiger charge is 2.29.